The summed E-state index contributed by atoms with van der Waals surface area (Å²) in [6.45, 7) is 5.76. The third-order valence-electron chi connectivity index (χ3n) is 7.11. The molecule has 3 aliphatic rings. The number of aliphatic imine (C=N–C) groups is 1. The first-order valence-electron chi connectivity index (χ1n) is 11.4. The van der Waals surface area contributed by atoms with Gasteiger partial charge in [-0.15, -0.1) is 0 Å². The minimum Gasteiger partial charge on any atom is -0.355 e. The molecule has 0 bridgehead atoms. The van der Waals surface area contributed by atoms with Crippen molar-refractivity contribution in [3.63, 3.8) is 0 Å². The van der Waals surface area contributed by atoms with Crippen LogP contribution in [0, 0.1) is 5.92 Å². The number of nitrogens with one attached hydrogen (secondary N) is 1. The minimum absolute atomic E-state index is 0.571. The van der Waals surface area contributed by atoms with Gasteiger partial charge in [-0.25, -0.2) is 0 Å². The summed E-state index contributed by atoms with van der Waals surface area (Å²) in [6, 6.07) is 0.676. The zero-order valence-electron chi connectivity index (χ0n) is 17.8. The van der Waals surface area contributed by atoms with Gasteiger partial charge in [0.2, 0.25) is 0 Å². The molecule has 2 atom stereocenters. The molecule has 3 fully saturated rings. The molecule has 3 heterocycles. The molecule has 2 saturated heterocycles. The second-order valence-corrected chi connectivity index (χ2v) is 9.10. The number of hydrogen-bond donors (Lipinski definition) is 1. The van der Waals surface area contributed by atoms with E-state index in [2.05, 4.69) is 31.4 Å². The quantitative estimate of drug-likeness (QED) is 0.624. The molecule has 2 aliphatic heterocycles. The molecule has 1 aliphatic carbocycles. The van der Waals surface area contributed by atoms with Crippen molar-refractivity contribution in [2.45, 2.75) is 63.3 Å². The molecule has 1 saturated carbocycles. The monoisotopic (exact) mass is 386 g/mol. The van der Waals surface area contributed by atoms with Crippen molar-refractivity contribution in [2.24, 2.45) is 18.0 Å². The Labute approximate surface area is 170 Å². The number of aromatic nitrogens is 2. The Balaban J connectivity index is 1.27. The molecular formula is C22H38N6. The largest absolute Gasteiger partial charge is 0.355 e. The van der Waals surface area contributed by atoms with E-state index in [-0.39, 0.29) is 0 Å². The molecule has 1 aromatic rings. The lowest BCUT2D eigenvalue weighted by Crippen LogP contribution is -2.47. The highest BCUT2D eigenvalue weighted by molar-refractivity contribution is 5.80. The molecule has 28 heavy (non-hydrogen) atoms. The van der Waals surface area contributed by atoms with Crippen LogP contribution in [0.5, 0.6) is 0 Å². The average Bonchev–Trinajstić information content (AvgIpc) is 3.45. The highest BCUT2D eigenvalue weighted by Gasteiger charge is 2.30. The van der Waals surface area contributed by atoms with Crippen LogP contribution < -0.4 is 5.32 Å². The van der Waals surface area contributed by atoms with Gasteiger partial charge in [0.05, 0.1) is 6.20 Å². The lowest BCUT2D eigenvalue weighted by Gasteiger charge is -2.32. The Bertz CT molecular complexity index is 647. The summed E-state index contributed by atoms with van der Waals surface area (Å²) in [6.07, 6.45) is 15.3. The van der Waals surface area contributed by atoms with Crippen molar-refractivity contribution < 1.29 is 0 Å². The van der Waals surface area contributed by atoms with Crippen molar-refractivity contribution in [1.29, 1.82) is 0 Å². The van der Waals surface area contributed by atoms with Crippen molar-refractivity contribution in [3.8, 4) is 0 Å². The Morgan fingerprint density at radius 2 is 2.00 bits per heavy atom. The maximum atomic E-state index is 4.60. The molecular weight excluding hydrogens is 348 g/mol. The maximum Gasteiger partial charge on any atom is 0.193 e. The van der Waals surface area contributed by atoms with Crippen molar-refractivity contribution in [2.75, 3.05) is 39.8 Å². The van der Waals surface area contributed by atoms with Gasteiger partial charge in [0.15, 0.2) is 5.96 Å². The van der Waals surface area contributed by atoms with Crippen LogP contribution in [0.15, 0.2) is 17.4 Å². The van der Waals surface area contributed by atoms with E-state index in [1.165, 1.54) is 70.0 Å². The molecule has 4 rings (SSSR count). The summed E-state index contributed by atoms with van der Waals surface area (Å²) < 4.78 is 1.91. The fourth-order valence-electron chi connectivity index (χ4n) is 5.49. The van der Waals surface area contributed by atoms with Crippen LogP contribution >= 0.6 is 0 Å². The Hall–Kier alpha value is -1.56. The highest BCUT2D eigenvalue weighted by Crippen LogP contribution is 2.28. The predicted octanol–water partition coefficient (Wildman–Crippen LogP) is 2.83. The normalized spacial score (nSPS) is 27.6. The first-order chi connectivity index (χ1) is 13.7. The fraction of sp³-hybridized carbons (Fsp3) is 0.818. The van der Waals surface area contributed by atoms with Gasteiger partial charge >= 0.3 is 0 Å². The van der Waals surface area contributed by atoms with Crippen molar-refractivity contribution >= 4 is 5.96 Å². The van der Waals surface area contributed by atoms with Crippen LogP contribution in [0.3, 0.4) is 0 Å². The van der Waals surface area contributed by atoms with Crippen molar-refractivity contribution in [3.05, 3.63) is 18.0 Å². The zero-order valence-corrected chi connectivity index (χ0v) is 17.8. The van der Waals surface area contributed by atoms with E-state index in [1.54, 1.807) is 0 Å². The van der Waals surface area contributed by atoms with E-state index in [1.807, 2.05) is 25.0 Å². The topological polar surface area (TPSA) is 48.7 Å². The third kappa shape index (κ3) is 4.70. The summed E-state index contributed by atoms with van der Waals surface area (Å²) in [5, 5.41) is 8.05. The van der Waals surface area contributed by atoms with E-state index >= 15 is 0 Å². The van der Waals surface area contributed by atoms with Gasteiger partial charge in [0, 0.05) is 58.4 Å². The standard InChI is InChI=1S/C22H38N6/c1-23-22(28-12-10-19(17-28)20-13-25-26(2)16-20)24-14-21-9-6-11-27(21)15-18-7-4-3-5-8-18/h13,16,18-19,21H,3-12,14-15,17H2,1-2H3,(H,23,24). The van der Waals surface area contributed by atoms with Crippen LogP contribution in [-0.4, -0.2) is 71.4 Å². The Morgan fingerprint density at radius 1 is 1.14 bits per heavy atom. The van der Waals surface area contributed by atoms with E-state index < -0.39 is 0 Å². The summed E-state index contributed by atoms with van der Waals surface area (Å²) in [5.41, 5.74) is 1.36. The number of nitrogens with zero attached hydrogens (tertiary/aromatic N) is 5. The first-order valence-corrected chi connectivity index (χ1v) is 11.4. The van der Waals surface area contributed by atoms with Crippen LogP contribution in [0.4, 0.5) is 0 Å². The maximum absolute atomic E-state index is 4.60. The van der Waals surface area contributed by atoms with Gasteiger partial charge in [-0.05, 0) is 50.1 Å². The van der Waals surface area contributed by atoms with Gasteiger partial charge in [-0.3, -0.25) is 14.6 Å². The van der Waals surface area contributed by atoms with Crippen molar-refractivity contribution in [1.82, 2.24) is 24.9 Å². The number of guanidine groups is 1. The number of likely N-dealkylation sites (tertiary alicyclic amines) is 2. The van der Waals surface area contributed by atoms with Gasteiger partial charge < -0.3 is 10.2 Å². The first kappa shape index (κ1) is 19.7. The Kier molecular flexibility index (Phi) is 6.55. The number of aryl methyl sites for hydroxylation is 1. The smallest absolute Gasteiger partial charge is 0.193 e. The molecule has 0 spiro atoms. The average molecular weight is 387 g/mol. The van der Waals surface area contributed by atoms with Crippen LogP contribution in [0.25, 0.3) is 0 Å². The summed E-state index contributed by atoms with van der Waals surface area (Å²) in [4.78, 5) is 9.79. The predicted molar refractivity (Wildman–Crippen MR) is 115 cm³/mol. The van der Waals surface area contributed by atoms with Crippen LogP contribution in [0.1, 0.15) is 62.8 Å². The number of rotatable bonds is 5. The summed E-state index contributed by atoms with van der Waals surface area (Å²) in [7, 11) is 3.92. The lowest BCUT2D eigenvalue weighted by atomic mass is 9.89. The molecule has 1 N–H and O–H groups in total. The SMILES string of the molecule is CN=C(NCC1CCCN1CC1CCCCC1)N1CCC(c2cnn(C)c2)C1. The van der Waals surface area contributed by atoms with Crippen LogP contribution in [-0.2, 0) is 7.05 Å². The molecule has 0 radical (unpaired) electrons. The molecule has 0 aromatic carbocycles. The second-order valence-electron chi connectivity index (χ2n) is 9.10. The summed E-state index contributed by atoms with van der Waals surface area (Å²) in [5.74, 6) is 2.59. The van der Waals surface area contributed by atoms with Gasteiger partial charge in [-0.1, -0.05) is 19.3 Å². The Morgan fingerprint density at radius 3 is 2.75 bits per heavy atom. The second kappa shape index (κ2) is 9.29. The van der Waals surface area contributed by atoms with E-state index in [0.29, 0.717) is 12.0 Å². The van der Waals surface area contributed by atoms with Crippen LogP contribution in [0.2, 0.25) is 0 Å². The van der Waals surface area contributed by atoms with E-state index in [9.17, 15) is 0 Å². The van der Waals surface area contributed by atoms with Gasteiger partial charge in [0.1, 0.15) is 0 Å². The highest BCUT2D eigenvalue weighted by atomic mass is 15.3. The zero-order chi connectivity index (χ0) is 19.3. The third-order valence-corrected chi connectivity index (χ3v) is 7.11. The lowest BCUT2D eigenvalue weighted by molar-refractivity contribution is 0.187. The molecule has 2 unspecified atom stereocenters. The molecule has 6 heteroatoms. The molecule has 1 aromatic heterocycles. The molecule has 156 valence electrons. The summed E-state index contributed by atoms with van der Waals surface area (Å²) >= 11 is 0. The van der Waals surface area contributed by atoms with Gasteiger partial charge in [-0.2, -0.15) is 5.10 Å². The van der Waals surface area contributed by atoms with E-state index in [0.717, 1.165) is 31.5 Å². The van der Waals surface area contributed by atoms with Gasteiger partial charge in [0.25, 0.3) is 0 Å². The van der Waals surface area contributed by atoms with E-state index in [4.69, 9.17) is 0 Å². The minimum atomic E-state index is 0.571. The fourth-order valence-corrected chi connectivity index (χ4v) is 5.49. The number of hydrogen-bond acceptors (Lipinski definition) is 3. The molecule has 6 nitrogen and oxygen atoms in total. The molecule has 0 amide bonds.